The first kappa shape index (κ1) is 10.2. The minimum absolute atomic E-state index is 0.0338. The number of primary amides is 1. The van der Waals surface area contributed by atoms with E-state index in [1.165, 1.54) is 11.5 Å². The Morgan fingerprint density at radius 3 is 2.67 bits per heavy atom. The van der Waals surface area contributed by atoms with Gasteiger partial charge in [0.2, 0.25) is 5.91 Å². The topological polar surface area (TPSA) is 85.2 Å². The first-order valence-electron chi connectivity index (χ1n) is 4.93. The summed E-state index contributed by atoms with van der Waals surface area (Å²) >= 11 is 1.40. The Balaban J connectivity index is 1.96. The van der Waals surface area contributed by atoms with E-state index in [2.05, 4.69) is 9.27 Å². The molecule has 1 aromatic rings. The van der Waals surface area contributed by atoms with Crippen molar-refractivity contribution in [2.24, 2.45) is 11.7 Å². The molecule has 1 fully saturated rings. The highest BCUT2D eigenvalue weighted by Gasteiger charge is 2.23. The van der Waals surface area contributed by atoms with Crippen molar-refractivity contribution in [3.8, 4) is 0 Å². The molecule has 2 rings (SSSR count). The first-order chi connectivity index (χ1) is 7.16. The van der Waals surface area contributed by atoms with Crippen LogP contribution in [0.1, 0.15) is 12.8 Å². The van der Waals surface area contributed by atoms with Gasteiger partial charge >= 0.3 is 0 Å². The van der Waals surface area contributed by atoms with Gasteiger partial charge < -0.3 is 16.4 Å². The van der Waals surface area contributed by atoms with Crippen molar-refractivity contribution in [3.63, 3.8) is 0 Å². The number of amides is 1. The highest BCUT2D eigenvalue weighted by Crippen LogP contribution is 2.27. The molecule has 1 amide bonds. The Morgan fingerprint density at radius 2 is 2.20 bits per heavy atom. The molecule has 0 radical (unpaired) electrons. The van der Waals surface area contributed by atoms with Gasteiger partial charge in [-0.3, -0.25) is 4.79 Å². The van der Waals surface area contributed by atoms with Crippen LogP contribution in [-0.4, -0.2) is 23.4 Å². The standard InChI is InChI=1S/C9H14N4OS/c10-7-5-8(15-12-7)13-3-1-6(2-4-13)9(11)14/h5-6H,1-4H2,(H2,10,12)(H2,11,14). The number of carbonyl (C=O) groups is 1. The summed E-state index contributed by atoms with van der Waals surface area (Å²) in [7, 11) is 0. The van der Waals surface area contributed by atoms with Gasteiger partial charge in [0.25, 0.3) is 0 Å². The van der Waals surface area contributed by atoms with Gasteiger partial charge in [-0.15, -0.1) is 0 Å². The second kappa shape index (κ2) is 4.06. The summed E-state index contributed by atoms with van der Waals surface area (Å²) in [6.45, 7) is 1.71. The predicted octanol–water partition coefficient (Wildman–Crippen LogP) is 0.427. The van der Waals surface area contributed by atoms with E-state index in [9.17, 15) is 4.79 Å². The SMILES string of the molecule is NC(=O)C1CCN(c2cc(N)ns2)CC1. The Kier molecular flexibility index (Phi) is 2.77. The minimum Gasteiger partial charge on any atom is -0.383 e. The van der Waals surface area contributed by atoms with Crippen LogP contribution in [0.25, 0.3) is 0 Å². The maximum atomic E-state index is 11.0. The molecule has 1 saturated heterocycles. The van der Waals surface area contributed by atoms with E-state index in [1.807, 2.05) is 6.07 Å². The van der Waals surface area contributed by atoms with Crippen LogP contribution >= 0.6 is 11.5 Å². The maximum Gasteiger partial charge on any atom is 0.220 e. The van der Waals surface area contributed by atoms with Crippen LogP contribution < -0.4 is 16.4 Å². The first-order valence-corrected chi connectivity index (χ1v) is 5.70. The lowest BCUT2D eigenvalue weighted by atomic mass is 9.96. The molecule has 0 spiro atoms. The van der Waals surface area contributed by atoms with Crippen LogP contribution in [0.3, 0.4) is 0 Å². The molecule has 6 heteroatoms. The number of aromatic nitrogens is 1. The summed E-state index contributed by atoms with van der Waals surface area (Å²) in [6.07, 6.45) is 1.65. The maximum absolute atomic E-state index is 11.0. The fraction of sp³-hybridized carbons (Fsp3) is 0.556. The number of carbonyl (C=O) groups excluding carboxylic acids is 1. The van der Waals surface area contributed by atoms with Gasteiger partial charge in [-0.05, 0) is 24.4 Å². The molecular formula is C9H14N4OS. The van der Waals surface area contributed by atoms with E-state index in [0.29, 0.717) is 5.82 Å². The zero-order chi connectivity index (χ0) is 10.8. The lowest BCUT2D eigenvalue weighted by Gasteiger charge is -2.30. The fourth-order valence-electron chi connectivity index (χ4n) is 1.81. The summed E-state index contributed by atoms with van der Waals surface area (Å²) in [6, 6.07) is 1.87. The summed E-state index contributed by atoms with van der Waals surface area (Å²) in [4.78, 5) is 13.2. The van der Waals surface area contributed by atoms with Gasteiger partial charge in [0.15, 0.2) is 0 Å². The number of piperidine rings is 1. The van der Waals surface area contributed by atoms with Crippen molar-refractivity contribution in [1.29, 1.82) is 0 Å². The monoisotopic (exact) mass is 226 g/mol. The molecule has 1 aliphatic heterocycles. The molecule has 2 heterocycles. The quantitative estimate of drug-likeness (QED) is 0.765. The number of nitrogens with two attached hydrogens (primary N) is 2. The molecule has 0 aliphatic carbocycles. The van der Waals surface area contributed by atoms with Gasteiger partial charge in [-0.2, -0.15) is 4.37 Å². The number of rotatable bonds is 2. The summed E-state index contributed by atoms with van der Waals surface area (Å²) in [5.41, 5.74) is 10.8. The number of nitrogens with zero attached hydrogens (tertiary/aromatic N) is 2. The number of anilines is 2. The average Bonchev–Trinajstić information content (AvgIpc) is 2.65. The highest BCUT2D eigenvalue weighted by atomic mass is 32.1. The second-order valence-corrected chi connectivity index (χ2v) is 4.54. The normalized spacial score (nSPS) is 18.0. The molecule has 0 unspecified atom stereocenters. The van der Waals surface area contributed by atoms with E-state index < -0.39 is 0 Å². The molecule has 0 saturated carbocycles. The second-order valence-electron chi connectivity index (χ2n) is 3.75. The highest BCUT2D eigenvalue weighted by molar-refractivity contribution is 7.10. The summed E-state index contributed by atoms with van der Waals surface area (Å²) in [5, 5.41) is 1.08. The number of hydrogen-bond acceptors (Lipinski definition) is 5. The Labute approximate surface area is 92.2 Å². The Bertz CT molecular complexity index is 357. The lowest BCUT2D eigenvalue weighted by Crippen LogP contribution is -2.38. The molecule has 4 N–H and O–H groups in total. The fourth-order valence-corrected chi connectivity index (χ4v) is 2.54. The van der Waals surface area contributed by atoms with E-state index >= 15 is 0 Å². The van der Waals surface area contributed by atoms with E-state index in [-0.39, 0.29) is 11.8 Å². The largest absolute Gasteiger partial charge is 0.383 e. The molecule has 1 aliphatic rings. The average molecular weight is 226 g/mol. The van der Waals surface area contributed by atoms with Crippen molar-refractivity contribution in [2.75, 3.05) is 23.7 Å². The summed E-state index contributed by atoms with van der Waals surface area (Å²) < 4.78 is 4.03. The van der Waals surface area contributed by atoms with Crippen LogP contribution in [0.4, 0.5) is 10.8 Å². The molecular weight excluding hydrogens is 212 g/mol. The predicted molar refractivity (Wildman–Crippen MR) is 60.7 cm³/mol. The van der Waals surface area contributed by atoms with Crippen LogP contribution in [0.15, 0.2) is 6.07 Å². The summed E-state index contributed by atoms with van der Waals surface area (Å²) in [5.74, 6) is 0.414. The van der Waals surface area contributed by atoms with Crippen molar-refractivity contribution in [3.05, 3.63) is 6.07 Å². The molecule has 5 nitrogen and oxygen atoms in total. The zero-order valence-corrected chi connectivity index (χ0v) is 9.17. The van der Waals surface area contributed by atoms with Gasteiger partial charge in [0, 0.05) is 25.1 Å². The van der Waals surface area contributed by atoms with Crippen LogP contribution in [0, 0.1) is 5.92 Å². The molecule has 0 bridgehead atoms. The Hall–Kier alpha value is -1.30. The van der Waals surface area contributed by atoms with Crippen LogP contribution in [0.2, 0.25) is 0 Å². The van der Waals surface area contributed by atoms with Gasteiger partial charge in [0.1, 0.15) is 10.8 Å². The lowest BCUT2D eigenvalue weighted by molar-refractivity contribution is -0.122. The Morgan fingerprint density at radius 1 is 1.53 bits per heavy atom. The molecule has 1 aromatic heterocycles. The van der Waals surface area contributed by atoms with E-state index in [4.69, 9.17) is 11.5 Å². The smallest absolute Gasteiger partial charge is 0.220 e. The number of hydrogen-bond donors (Lipinski definition) is 2. The molecule has 0 aromatic carbocycles. The minimum atomic E-state index is -0.182. The third-order valence-electron chi connectivity index (χ3n) is 2.72. The third kappa shape index (κ3) is 2.20. The van der Waals surface area contributed by atoms with Gasteiger partial charge in [-0.25, -0.2) is 0 Å². The van der Waals surface area contributed by atoms with Crippen molar-refractivity contribution in [1.82, 2.24) is 4.37 Å². The van der Waals surface area contributed by atoms with Crippen LogP contribution in [-0.2, 0) is 4.79 Å². The zero-order valence-electron chi connectivity index (χ0n) is 8.35. The van der Waals surface area contributed by atoms with Crippen molar-refractivity contribution >= 4 is 28.3 Å². The molecule has 0 atom stereocenters. The van der Waals surface area contributed by atoms with Gasteiger partial charge in [0.05, 0.1) is 0 Å². The van der Waals surface area contributed by atoms with E-state index in [1.54, 1.807) is 0 Å². The van der Waals surface area contributed by atoms with E-state index in [0.717, 1.165) is 30.9 Å². The third-order valence-corrected chi connectivity index (χ3v) is 3.59. The number of nitrogen functional groups attached to an aromatic ring is 1. The van der Waals surface area contributed by atoms with Gasteiger partial charge in [-0.1, -0.05) is 0 Å². The van der Waals surface area contributed by atoms with Crippen molar-refractivity contribution in [2.45, 2.75) is 12.8 Å². The van der Waals surface area contributed by atoms with Crippen molar-refractivity contribution < 1.29 is 4.79 Å². The van der Waals surface area contributed by atoms with Crippen LogP contribution in [0.5, 0.6) is 0 Å². The molecule has 82 valence electrons. The molecule has 15 heavy (non-hydrogen) atoms.